The Bertz CT molecular complexity index is 258. The molecule has 0 heterocycles. The van der Waals surface area contributed by atoms with Gasteiger partial charge in [0.05, 0.1) is 6.04 Å². The van der Waals surface area contributed by atoms with E-state index < -0.39 is 0 Å². The van der Waals surface area contributed by atoms with E-state index in [4.69, 9.17) is 0 Å². The molecule has 1 N–H and O–H groups in total. The minimum absolute atomic E-state index is 0.175. The largest absolute Gasteiger partial charge is 0.352 e. The van der Waals surface area contributed by atoms with Crippen LogP contribution in [0.1, 0.15) is 37.8 Å². The third-order valence-corrected chi connectivity index (χ3v) is 2.32. The van der Waals surface area contributed by atoms with Crippen molar-refractivity contribution in [1.82, 2.24) is 5.32 Å². The van der Waals surface area contributed by atoms with Gasteiger partial charge in [0.2, 0.25) is 6.41 Å². The summed E-state index contributed by atoms with van der Waals surface area (Å²) < 4.78 is 0. The van der Waals surface area contributed by atoms with E-state index in [0.29, 0.717) is 0 Å². The van der Waals surface area contributed by atoms with Crippen molar-refractivity contribution in [3.8, 4) is 0 Å². The zero-order chi connectivity index (χ0) is 10.2. The smallest absolute Gasteiger partial charge is 0.207 e. The van der Waals surface area contributed by atoms with Gasteiger partial charge in [-0.05, 0) is 12.0 Å². The summed E-state index contributed by atoms with van der Waals surface area (Å²) in [6.07, 6.45) is 4.09. The van der Waals surface area contributed by atoms with Crippen LogP contribution in [0, 0.1) is 0 Å². The summed E-state index contributed by atoms with van der Waals surface area (Å²) in [6, 6.07) is 10.3. The van der Waals surface area contributed by atoms with Crippen molar-refractivity contribution in [3.63, 3.8) is 0 Å². The zero-order valence-electron chi connectivity index (χ0n) is 8.57. The molecule has 1 amide bonds. The molecule has 0 radical (unpaired) electrons. The highest BCUT2D eigenvalue weighted by Crippen LogP contribution is 2.18. The molecule has 1 aromatic carbocycles. The van der Waals surface area contributed by atoms with Crippen molar-refractivity contribution in [2.24, 2.45) is 0 Å². The van der Waals surface area contributed by atoms with Crippen molar-refractivity contribution < 1.29 is 4.79 Å². The standard InChI is InChI=1S/C12H17NO/c1-2-3-9-12(13-10-14)11-7-5-4-6-8-11/h4-8,10,12H,2-3,9H2,1H3,(H,13,14)/t12-/m1/s1. The van der Waals surface area contributed by atoms with Crippen molar-refractivity contribution in [3.05, 3.63) is 35.9 Å². The van der Waals surface area contributed by atoms with Gasteiger partial charge in [-0.15, -0.1) is 0 Å². The summed E-state index contributed by atoms with van der Waals surface area (Å²) in [7, 11) is 0. The summed E-state index contributed by atoms with van der Waals surface area (Å²) >= 11 is 0. The molecule has 2 heteroatoms. The minimum atomic E-state index is 0.175. The molecule has 0 aromatic heterocycles. The average molecular weight is 191 g/mol. The van der Waals surface area contributed by atoms with Crippen LogP contribution in [0.25, 0.3) is 0 Å². The molecule has 2 nitrogen and oxygen atoms in total. The van der Waals surface area contributed by atoms with Crippen LogP contribution in [0.15, 0.2) is 30.3 Å². The van der Waals surface area contributed by atoms with E-state index >= 15 is 0 Å². The SMILES string of the molecule is CCCC[C@@H](NC=O)c1ccccc1. The van der Waals surface area contributed by atoms with E-state index in [2.05, 4.69) is 24.4 Å². The number of carbonyl (C=O) groups is 1. The lowest BCUT2D eigenvalue weighted by atomic mass is 10.0. The molecule has 0 bridgehead atoms. The van der Waals surface area contributed by atoms with Gasteiger partial charge in [-0.1, -0.05) is 50.1 Å². The maximum Gasteiger partial charge on any atom is 0.207 e. The predicted octanol–water partition coefficient (Wildman–Crippen LogP) is 2.66. The van der Waals surface area contributed by atoms with Gasteiger partial charge in [-0.25, -0.2) is 0 Å². The number of hydrogen-bond acceptors (Lipinski definition) is 1. The van der Waals surface area contributed by atoms with Crippen LogP contribution in [0.4, 0.5) is 0 Å². The molecule has 1 rings (SSSR count). The zero-order valence-corrected chi connectivity index (χ0v) is 8.57. The number of benzene rings is 1. The molecule has 14 heavy (non-hydrogen) atoms. The first-order chi connectivity index (χ1) is 6.88. The fourth-order valence-corrected chi connectivity index (χ4v) is 1.52. The highest BCUT2D eigenvalue weighted by molar-refractivity contribution is 5.47. The molecule has 0 aliphatic rings. The summed E-state index contributed by atoms with van der Waals surface area (Å²) in [5.74, 6) is 0. The first-order valence-electron chi connectivity index (χ1n) is 5.13. The molecule has 0 saturated heterocycles. The van der Waals surface area contributed by atoms with Crippen molar-refractivity contribution in [2.75, 3.05) is 0 Å². The maximum absolute atomic E-state index is 10.4. The Morgan fingerprint density at radius 2 is 2.07 bits per heavy atom. The Hall–Kier alpha value is -1.31. The Balaban J connectivity index is 2.62. The van der Waals surface area contributed by atoms with E-state index in [0.717, 1.165) is 25.7 Å². The highest BCUT2D eigenvalue weighted by atomic mass is 16.1. The van der Waals surface area contributed by atoms with Crippen LogP contribution in [0.5, 0.6) is 0 Å². The van der Waals surface area contributed by atoms with Crippen LogP contribution in [-0.4, -0.2) is 6.41 Å². The number of hydrogen-bond donors (Lipinski definition) is 1. The number of carbonyl (C=O) groups excluding carboxylic acids is 1. The van der Waals surface area contributed by atoms with Gasteiger partial charge in [-0.3, -0.25) is 4.79 Å². The maximum atomic E-state index is 10.4. The minimum Gasteiger partial charge on any atom is -0.352 e. The summed E-state index contributed by atoms with van der Waals surface area (Å²) in [4.78, 5) is 10.4. The van der Waals surface area contributed by atoms with Gasteiger partial charge in [0, 0.05) is 0 Å². The average Bonchev–Trinajstić information content (AvgIpc) is 2.25. The fourth-order valence-electron chi connectivity index (χ4n) is 1.52. The first-order valence-corrected chi connectivity index (χ1v) is 5.13. The molecule has 76 valence electrons. The molecule has 0 spiro atoms. The van der Waals surface area contributed by atoms with Gasteiger partial charge < -0.3 is 5.32 Å². The van der Waals surface area contributed by atoms with Gasteiger partial charge in [0.1, 0.15) is 0 Å². The highest BCUT2D eigenvalue weighted by Gasteiger charge is 2.08. The van der Waals surface area contributed by atoms with Crippen LogP contribution in [0.2, 0.25) is 0 Å². The van der Waals surface area contributed by atoms with Crippen molar-refractivity contribution in [1.29, 1.82) is 0 Å². The van der Waals surface area contributed by atoms with Crippen LogP contribution in [-0.2, 0) is 4.79 Å². The molecule has 0 unspecified atom stereocenters. The predicted molar refractivity (Wildman–Crippen MR) is 57.9 cm³/mol. The fraction of sp³-hybridized carbons (Fsp3) is 0.417. The van der Waals surface area contributed by atoms with E-state index in [-0.39, 0.29) is 6.04 Å². The Kier molecular flexibility index (Phi) is 4.76. The third-order valence-electron chi connectivity index (χ3n) is 2.32. The Morgan fingerprint density at radius 3 is 2.64 bits per heavy atom. The number of amides is 1. The molecular formula is C12H17NO. The lowest BCUT2D eigenvalue weighted by molar-refractivity contribution is -0.110. The second-order valence-corrected chi connectivity index (χ2v) is 3.39. The number of nitrogens with one attached hydrogen (secondary N) is 1. The molecule has 0 aliphatic carbocycles. The van der Waals surface area contributed by atoms with Gasteiger partial charge in [0.25, 0.3) is 0 Å². The van der Waals surface area contributed by atoms with E-state index in [1.807, 2.05) is 18.2 Å². The molecule has 0 fully saturated rings. The Labute approximate surface area is 85.3 Å². The number of rotatable bonds is 6. The molecule has 0 aliphatic heterocycles. The Morgan fingerprint density at radius 1 is 1.36 bits per heavy atom. The van der Waals surface area contributed by atoms with Crippen LogP contribution < -0.4 is 5.32 Å². The normalized spacial score (nSPS) is 12.1. The second kappa shape index (κ2) is 6.19. The quantitative estimate of drug-likeness (QED) is 0.688. The van der Waals surface area contributed by atoms with Crippen molar-refractivity contribution >= 4 is 6.41 Å². The van der Waals surface area contributed by atoms with Gasteiger partial charge in [0.15, 0.2) is 0 Å². The monoisotopic (exact) mass is 191 g/mol. The summed E-state index contributed by atoms with van der Waals surface area (Å²) in [5.41, 5.74) is 1.19. The topological polar surface area (TPSA) is 29.1 Å². The first kappa shape index (κ1) is 10.8. The van der Waals surface area contributed by atoms with Crippen molar-refractivity contribution in [2.45, 2.75) is 32.2 Å². The van der Waals surface area contributed by atoms with E-state index in [1.54, 1.807) is 0 Å². The van der Waals surface area contributed by atoms with E-state index in [1.165, 1.54) is 5.56 Å². The van der Waals surface area contributed by atoms with Gasteiger partial charge >= 0.3 is 0 Å². The van der Waals surface area contributed by atoms with Crippen LogP contribution in [0.3, 0.4) is 0 Å². The third kappa shape index (κ3) is 3.21. The summed E-state index contributed by atoms with van der Waals surface area (Å²) in [6.45, 7) is 2.16. The lowest BCUT2D eigenvalue weighted by Gasteiger charge is -2.15. The molecule has 1 aromatic rings. The molecular weight excluding hydrogens is 174 g/mol. The van der Waals surface area contributed by atoms with Crippen LogP contribution >= 0.6 is 0 Å². The molecule has 1 atom stereocenters. The van der Waals surface area contributed by atoms with E-state index in [9.17, 15) is 4.79 Å². The summed E-state index contributed by atoms with van der Waals surface area (Å²) in [5, 5.41) is 2.85. The second-order valence-electron chi connectivity index (χ2n) is 3.39. The molecule has 0 saturated carbocycles. The number of unbranched alkanes of at least 4 members (excludes halogenated alkanes) is 1. The van der Waals surface area contributed by atoms with Gasteiger partial charge in [-0.2, -0.15) is 0 Å². The lowest BCUT2D eigenvalue weighted by Crippen LogP contribution is -2.19.